The molecule has 0 radical (unpaired) electrons. The summed E-state index contributed by atoms with van der Waals surface area (Å²) < 4.78 is 0. The van der Waals surface area contributed by atoms with Crippen molar-refractivity contribution < 1.29 is 4.79 Å². The summed E-state index contributed by atoms with van der Waals surface area (Å²) in [6.45, 7) is 0.512. The van der Waals surface area contributed by atoms with E-state index in [4.69, 9.17) is 17.3 Å². The van der Waals surface area contributed by atoms with Crippen LogP contribution >= 0.6 is 11.6 Å². The van der Waals surface area contributed by atoms with E-state index in [9.17, 15) is 4.79 Å². The van der Waals surface area contributed by atoms with E-state index in [2.05, 4.69) is 5.32 Å². The van der Waals surface area contributed by atoms with E-state index >= 15 is 0 Å². The number of nitrogen functional groups attached to an aromatic ring is 1. The van der Waals surface area contributed by atoms with Crippen molar-refractivity contribution in [1.82, 2.24) is 4.90 Å². The molecule has 0 fully saturated rings. The smallest absolute Gasteiger partial charge is 0.321 e. The molecule has 0 bridgehead atoms. The Morgan fingerprint density at radius 3 is 2.35 bits per heavy atom. The van der Waals surface area contributed by atoms with Crippen molar-refractivity contribution in [3.63, 3.8) is 0 Å². The van der Waals surface area contributed by atoms with Crippen LogP contribution in [-0.2, 0) is 6.54 Å². The number of carbonyl (C=O) groups is 1. The van der Waals surface area contributed by atoms with Gasteiger partial charge in [-0.2, -0.15) is 0 Å². The Balaban J connectivity index is 1.94. The second-order valence-electron chi connectivity index (χ2n) is 4.53. The first kappa shape index (κ1) is 14.2. The van der Waals surface area contributed by atoms with Gasteiger partial charge in [-0.25, -0.2) is 4.79 Å². The van der Waals surface area contributed by atoms with Crippen molar-refractivity contribution >= 4 is 29.0 Å². The molecule has 2 rings (SSSR count). The lowest BCUT2D eigenvalue weighted by Crippen LogP contribution is -2.30. The van der Waals surface area contributed by atoms with E-state index in [0.717, 1.165) is 5.56 Å². The summed E-state index contributed by atoms with van der Waals surface area (Å²) in [7, 11) is 1.74. The topological polar surface area (TPSA) is 58.4 Å². The van der Waals surface area contributed by atoms with Crippen molar-refractivity contribution in [2.24, 2.45) is 0 Å². The van der Waals surface area contributed by atoms with Crippen molar-refractivity contribution in [2.75, 3.05) is 18.1 Å². The largest absolute Gasteiger partial charge is 0.399 e. The average molecular weight is 290 g/mol. The van der Waals surface area contributed by atoms with Crippen LogP contribution in [0.2, 0.25) is 5.02 Å². The highest BCUT2D eigenvalue weighted by Gasteiger charge is 2.09. The van der Waals surface area contributed by atoms with Crippen LogP contribution in [0, 0.1) is 0 Å². The van der Waals surface area contributed by atoms with Crippen LogP contribution in [0.3, 0.4) is 0 Å². The van der Waals surface area contributed by atoms with Gasteiger partial charge in [0, 0.05) is 30.0 Å². The highest BCUT2D eigenvalue weighted by atomic mass is 35.5. The van der Waals surface area contributed by atoms with Crippen LogP contribution in [0.1, 0.15) is 5.56 Å². The average Bonchev–Trinajstić information content (AvgIpc) is 2.44. The molecule has 5 heteroatoms. The van der Waals surface area contributed by atoms with Gasteiger partial charge in [-0.15, -0.1) is 0 Å². The van der Waals surface area contributed by atoms with E-state index in [1.807, 2.05) is 24.3 Å². The van der Waals surface area contributed by atoms with Crippen molar-refractivity contribution in [1.29, 1.82) is 0 Å². The lowest BCUT2D eigenvalue weighted by molar-refractivity contribution is 0.220. The Kier molecular flexibility index (Phi) is 4.48. The fraction of sp³-hybridized carbons (Fsp3) is 0.133. The molecule has 104 valence electrons. The zero-order valence-corrected chi connectivity index (χ0v) is 11.9. The molecule has 0 saturated carbocycles. The van der Waals surface area contributed by atoms with E-state index < -0.39 is 0 Å². The predicted octanol–water partition coefficient (Wildman–Crippen LogP) is 3.59. The maximum atomic E-state index is 12.0. The molecule has 4 nitrogen and oxygen atoms in total. The van der Waals surface area contributed by atoms with Gasteiger partial charge in [0.25, 0.3) is 0 Å². The molecule has 0 aromatic heterocycles. The van der Waals surface area contributed by atoms with E-state index in [1.54, 1.807) is 36.2 Å². The van der Waals surface area contributed by atoms with Gasteiger partial charge in [0.2, 0.25) is 0 Å². The quantitative estimate of drug-likeness (QED) is 0.849. The molecule has 0 aliphatic carbocycles. The predicted molar refractivity (Wildman–Crippen MR) is 82.8 cm³/mol. The second-order valence-corrected chi connectivity index (χ2v) is 4.97. The summed E-state index contributed by atoms with van der Waals surface area (Å²) in [6, 6.07) is 14.3. The third-order valence-electron chi connectivity index (χ3n) is 2.84. The molecular weight excluding hydrogens is 274 g/mol. The Morgan fingerprint density at radius 2 is 1.75 bits per heavy atom. The summed E-state index contributed by atoms with van der Waals surface area (Å²) >= 11 is 5.83. The second kappa shape index (κ2) is 6.30. The maximum Gasteiger partial charge on any atom is 0.321 e. The molecule has 0 spiro atoms. The van der Waals surface area contributed by atoms with Crippen LogP contribution in [0.5, 0.6) is 0 Å². The Labute approximate surface area is 123 Å². The molecule has 3 N–H and O–H groups in total. The number of benzene rings is 2. The van der Waals surface area contributed by atoms with E-state index in [1.165, 1.54) is 0 Å². The summed E-state index contributed by atoms with van der Waals surface area (Å²) in [5.74, 6) is 0. The number of carbonyl (C=O) groups excluding carboxylic acids is 1. The fourth-order valence-corrected chi connectivity index (χ4v) is 1.85. The van der Waals surface area contributed by atoms with Crippen molar-refractivity contribution in [2.45, 2.75) is 6.54 Å². The molecule has 0 atom stereocenters. The van der Waals surface area contributed by atoms with Crippen molar-refractivity contribution in [3.8, 4) is 0 Å². The molecule has 0 heterocycles. The summed E-state index contributed by atoms with van der Waals surface area (Å²) in [4.78, 5) is 13.6. The summed E-state index contributed by atoms with van der Waals surface area (Å²) in [5.41, 5.74) is 7.99. The molecule has 2 aromatic carbocycles. The highest BCUT2D eigenvalue weighted by molar-refractivity contribution is 6.30. The minimum Gasteiger partial charge on any atom is -0.399 e. The molecule has 0 aliphatic heterocycles. The van der Waals surface area contributed by atoms with Crippen LogP contribution in [-0.4, -0.2) is 18.0 Å². The first-order chi connectivity index (χ1) is 9.54. The molecule has 20 heavy (non-hydrogen) atoms. The Morgan fingerprint density at radius 1 is 1.15 bits per heavy atom. The Hall–Kier alpha value is -2.20. The number of urea groups is 1. The van der Waals surface area contributed by atoms with Gasteiger partial charge in [-0.1, -0.05) is 23.7 Å². The minimum absolute atomic E-state index is 0.176. The number of nitrogens with two attached hydrogens (primary N) is 1. The van der Waals surface area contributed by atoms with E-state index in [0.29, 0.717) is 22.9 Å². The highest BCUT2D eigenvalue weighted by Crippen LogP contribution is 2.13. The Bertz CT molecular complexity index is 581. The summed E-state index contributed by atoms with van der Waals surface area (Å²) in [6.07, 6.45) is 0. The van der Waals surface area contributed by atoms with Crippen molar-refractivity contribution in [3.05, 3.63) is 59.1 Å². The number of amides is 2. The fourth-order valence-electron chi connectivity index (χ4n) is 1.72. The number of anilines is 2. The van der Waals surface area contributed by atoms with Gasteiger partial charge < -0.3 is 16.0 Å². The number of hydrogen-bond donors (Lipinski definition) is 2. The zero-order chi connectivity index (χ0) is 14.5. The first-order valence-electron chi connectivity index (χ1n) is 6.17. The number of hydrogen-bond acceptors (Lipinski definition) is 2. The molecular formula is C15H16ClN3O. The number of nitrogens with one attached hydrogen (secondary N) is 1. The number of nitrogens with zero attached hydrogens (tertiary/aromatic N) is 1. The van der Waals surface area contributed by atoms with E-state index in [-0.39, 0.29) is 6.03 Å². The third kappa shape index (κ3) is 3.90. The number of halogens is 1. The van der Waals surface area contributed by atoms with Crippen LogP contribution in [0.4, 0.5) is 16.2 Å². The van der Waals surface area contributed by atoms with Crippen LogP contribution < -0.4 is 11.1 Å². The van der Waals surface area contributed by atoms with Gasteiger partial charge in [-0.3, -0.25) is 0 Å². The molecule has 2 aromatic rings. The monoisotopic (exact) mass is 289 g/mol. The minimum atomic E-state index is -0.176. The van der Waals surface area contributed by atoms with Gasteiger partial charge in [0.15, 0.2) is 0 Å². The molecule has 0 aliphatic rings. The van der Waals surface area contributed by atoms with Crippen LogP contribution in [0.15, 0.2) is 48.5 Å². The normalized spacial score (nSPS) is 10.1. The summed E-state index contributed by atoms with van der Waals surface area (Å²) in [5, 5.41) is 3.49. The van der Waals surface area contributed by atoms with Gasteiger partial charge >= 0.3 is 6.03 Å². The first-order valence-corrected chi connectivity index (χ1v) is 6.54. The lowest BCUT2D eigenvalue weighted by atomic mass is 10.2. The molecule has 0 unspecified atom stereocenters. The standard InChI is InChI=1S/C15H16ClN3O/c1-19(10-11-2-4-12(16)5-3-11)15(20)18-14-8-6-13(17)7-9-14/h2-9H,10,17H2,1H3,(H,18,20). The molecule has 0 saturated heterocycles. The third-order valence-corrected chi connectivity index (χ3v) is 3.09. The zero-order valence-electron chi connectivity index (χ0n) is 11.1. The van der Waals surface area contributed by atoms with Crippen LogP contribution in [0.25, 0.3) is 0 Å². The van der Waals surface area contributed by atoms with Gasteiger partial charge in [0.05, 0.1) is 0 Å². The molecule has 2 amide bonds. The SMILES string of the molecule is CN(Cc1ccc(Cl)cc1)C(=O)Nc1ccc(N)cc1. The van der Waals surface area contributed by atoms with Gasteiger partial charge in [-0.05, 0) is 42.0 Å². The number of rotatable bonds is 3. The van der Waals surface area contributed by atoms with Gasteiger partial charge in [0.1, 0.15) is 0 Å². The lowest BCUT2D eigenvalue weighted by Gasteiger charge is -2.18. The maximum absolute atomic E-state index is 12.0.